The highest BCUT2D eigenvalue weighted by Gasteiger charge is 2.12. The molecule has 0 amide bonds. The number of rotatable bonds is 3. The van der Waals surface area contributed by atoms with Gasteiger partial charge in [0.2, 0.25) is 0 Å². The minimum atomic E-state index is -0.473. The minimum absolute atomic E-state index is 0.136. The molecule has 0 fully saturated rings. The summed E-state index contributed by atoms with van der Waals surface area (Å²) in [5.74, 6) is -0.947. The lowest BCUT2D eigenvalue weighted by molar-refractivity contribution is 0.454. The predicted octanol–water partition coefficient (Wildman–Crippen LogP) is 3.16. The molecular weight excluding hydrogens is 208 g/mol. The summed E-state index contributed by atoms with van der Waals surface area (Å²) in [7, 11) is 0. The van der Waals surface area contributed by atoms with E-state index in [9.17, 15) is 8.78 Å². The molecule has 0 radical (unpaired) electrons. The van der Waals surface area contributed by atoms with Gasteiger partial charge in [0.25, 0.3) is 0 Å². The molecule has 3 heteroatoms. The van der Waals surface area contributed by atoms with E-state index in [1.165, 1.54) is 18.2 Å². The lowest BCUT2D eigenvalue weighted by Crippen LogP contribution is -2.29. The van der Waals surface area contributed by atoms with Crippen LogP contribution in [0, 0.1) is 11.6 Å². The van der Waals surface area contributed by atoms with Crippen molar-refractivity contribution in [2.45, 2.75) is 31.8 Å². The van der Waals surface area contributed by atoms with Gasteiger partial charge in [0.1, 0.15) is 11.6 Å². The number of halogens is 2. The van der Waals surface area contributed by atoms with Crippen LogP contribution in [0.5, 0.6) is 0 Å². The third kappa shape index (κ3) is 2.67. The van der Waals surface area contributed by atoms with E-state index < -0.39 is 11.6 Å². The number of benzene rings is 1. The van der Waals surface area contributed by atoms with Gasteiger partial charge in [-0.05, 0) is 31.4 Å². The fourth-order valence-electron chi connectivity index (χ4n) is 1.93. The zero-order valence-electron chi connectivity index (χ0n) is 9.05. The van der Waals surface area contributed by atoms with E-state index in [-0.39, 0.29) is 12.1 Å². The normalized spacial score (nSPS) is 20.0. The molecule has 0 saturated heterocycles. The average molecular weight is 223 g/mol. The zero-order chi connectivity index (χ0) is 11.4. The highest BCUT2D eigenvalue weighted by atomic mass is 19.1. The van der Waals surface area contributed by atoms with Gasteiger partial charge in [-0.1, -0.05) is 18.2 Å². The van der Waals surface area contributed by atoms with E-state index in [0.29, 0.717) is 6.04 Å². The van der Waals surface area contributed by atoms with Crippen LogP contribution in [0.1, 0.15) is 24.8 Å². The Labute approximate surface area is 94.2 Å². The van der Waals surface area contributed by atoms with Gasteiger partial charge in [-0.15, -0.1) is 0 Å². The molecule has 16 heavy (non-hydrogen) atoms. The van der Waals surface area contributed by atoms with Crippen LogP contribution in [0.3, 0.4) is 0 Å². The van der Waals surface area contributed by atoms with Crippen LogP contribution in [0.25, 0.3) is 0 Å². The van der Waals surface area contributed by atoms with Crippen LogP contribution >= 0.6 is 0 Å². The van der Waals surface area contributed by atoms with Crippen LogP contribution in [0.2, 0.25) is 0 Å². The van der Waals surface area contributed by atoms with Crippen molar-refractivity contribution in [2.75, 3.05) is 0 Å². The first-order chi connectivity index (χ1) is 7.77. The second-order valence-electron chi connectivity index (χ2n) is 4.06. The monoisotopic (exact) mass is 223 g/mol. The Morgan fingerprint density at radius 2 is 1.94 bits per heavy atom. The average Bonchev–Trinajstić information content (AvgIpc) is 2.30. The fourth-order valence-corrected chi connectivity index (χ4v) is 1.93. The summed E-state index contributed by atoms with van der Waals surface area (Å²) in [6.07, 6.45) is 7.26. The predicted molar refractivity (Wildman–Crippen MR) is 60.0 cm³/mol. The Morgan fingerprint density at radius 3 is 2.56 bits per heavy atom. The lowest BCUT2D eigenvalue weighted by atomic mass is 10.0. The van der Waals surface area contributed by atoms with Crippen molar-refractivity contribution in [1.82, 2.24) is 5.32 Å². The maximum absolute atomic E-state index is 13.3. The first kappa shape index (κ1) is 11.3. The molecule has 1 nitrogen and oxygen atoms in total. The van der Waals surface area contributed by atoms with Crippen LogP contribution in [-0.2, 0) is 6.54 Å². The number of hydrogen-bond acceptors (Lipinski definition) is 1. The molecule has 1 aliphatic carbocycles. The van der Waals surface area contributed by atoms with Crippen LogP contribution in [0.4, 0.5) is 8.78 Å². The first-order valence-corrected chi connectivity index (χ1v) is 5.58. The van der Waals surface area contributed by atoms with Crippen molar-refractivity contribution >= 4 is 0 Å². The molecule has 1 unspecified atom stereocenters. The molecule has 0 spiro atoms. The van der Waals surface area contributed by atoms with Crippen molar-refractivity contribution in [2.24, 2.45) is 0 Å². The quantitative estimate of drug-likeness (QED) is 0.776. The van der Waals surface area contributed by atoms with Crippen molar-refractivity contribution < 1.29 is 8.78 Å². The summed E-state index contributed by atoms with van der Waals surface area (Å²) in [5, 5.41) is 3.19. The Morgan fingerprint density at radius 1 is 1.19 bits per heavy atom. The summed E-state index contributed by atoms with van der Waals surface area (Å²) < 4.78 is 26.6. The van der Waals surface area contributed by atoms with E-state index in [0.717, 1.165) is 19.3 Å². The molecule has 1 aromatic rings. The maximum atomic E-state index is 13.3. The summed E-state index contributed by atoms with van der Waals surface area (Å²) in [4.78, 5) is 0. The number of nitrogens with one attached hydrogen (secondary N) is 1. The number of allylic oxidation sites excluding steroid dienone is 1. The Kier molecular flexibility index (Phi) is 3.67. The smallest absolute Gasteiger partial charge is 0.130 e. The molecule has 0 aliphatic heterocycles. The van der Waals surface area contributed by atoms with Gasteiger partial charge in [-0.3, -0.25) is 0 Å². The van der Waals surface area contributed by atoms with Gasteiger partial charge in [0.05, 0.1) is 0 Å². The van der Waals surface area contributed by atoms with Crippen LogP contribution < -0.4 is 5.32 Å². The van der Waals surface area contributed by atoms with Gasteiger partial charge in [-0.25, -0.2) is 8.78 Å². The zero-order valence-corrected chi connectivity index (χ0v) is 9.05. The van der Waals surface area contributed by atoms with Crippen LogP contribution in [0.15, 0.2) is 30.4 Å². The van der Waals surface area contributed by atoms with Gasteiger partial charge >= 0.3 is 0 Å². The largest absolute Gasteiger partial charge is 0.309 e. The second-order valence-corrected chi connectivity index (χ2v) is 4.06. The molecule has 86 valence electrons. The van der Waals surface area contributed by atoms with Gasteiger partial charge in [-0.2, -0.15) is 0 Å². The van der Waals surface area contributed by atoms with Gasteiger partial charge in [0, 0.05) is 18.2 Å². The Hall–Kier alpha value is -1.22. The lowest BCUT2D eigenvalue weighted by Gasteiger charge is -2.19. The maximum Gasteiger partial charge on any atom is 0.130 e. The minimum Gasteiger partial charge on any atom is -0.309 e. The molecule has 1 aromatic carbocycles. The number of hydrogen-bond donors (Lipinski definition) is 1. The van der Waals surface area contributed by atoms with E-state index in [1.807, 2.05) is 0 Å². The summed E-state index contributed by atoms with van der Waals surface area (Å²) in [6.45, 7) is 0.261. The highest BCUT2D eigenvalue weighted by Crippen LogP contribution is 2.14. The highest BCUT2D eigenvalue weighted by molar-refractivity contribution is 5.19. The molecule has 0 bridgehead atoms. The molecule has 2 rings (SSSR count). The van der Waals surface area contributed by atoms with E-state index >= 15 is 0 Å². The van der Waals surface area contributed by atoms with E-state index in [2.05, 4.69) is 17.5 Å². The van der Waals surface area contributed by atoms with Crippen molar-refractivity contribution in [3.8, 4) is 0 Å². The molecule has 1 aliphatic rings. The molecule has 0 heterocycles. The summed E-state index contributed by atoms with van der Waals surface area (Å²) >= 11 is 0. The molecule has 0 aromatic heterocycles. The Bertz CT molecular complexity index is 367. The SMILES string of the molecule is Fc1cccc(F)c1CNC1CC=CCC1. The third-order valence-corrected chi connectivity index (χ3v) is 2.90. The van der Waals surface area contributed by atoms with Crippen molar-refractivity contribution in [1.29, 1.82) is 0 Å². The second kappa shape index (κ2) is 5.21. The van der Waals surface area contributed by atoms with Crippen molar-refractivity contribution in [3.05, 3.63) is 47.5 Å². The first-order valence-electron chi connectivity index (χ1n) is 5.58. The molecule has 0 saturated carbocycles. The van der Waals surface area contributed by atoms with Gasteiger partial charge in [0.15, 0.2) is 0 Å². The molecular formula is C13H15F2N. The third-order valence-electron chi connectivity index (χ3n) is 2.90. The summed E-state index contributed by atoms with van der Waals surface area (Å²) in [6, 6.07) is 4.31. The molecule has 1 N–H and O–H groups in total. The summed E-state index contributed by atoms with van der Waals surface area (Å²) in [5.41, 5.74) is 0.136. The van der Waals surface area contributed by atoms with E-state index in [1.54, 1.807) is 0 Å². The molecule has 1 atom stereocenters. The fraction of sp³-hybridized carbons (Fsp3) is 0.385. The van der Waals surface area contributed by atoms with Gasteiger partial charge < -0.3 is 5.32 Å². The van der Waals surface area contributed by atoms with E-state index in [4.69, 9.17) is 0 Å². The standard InChI is InChI=1S/C13H15F2N/c14-12-7-4-8-13(15)11(12)9-16-10-5-2-1-3-6-10/h1-2,4,7-8,10,16H,3,5-6,9H2. The topological polar surface area (TPSA) is 12.0 Å². The Balaban J connectivity index is 1.96. The van der Waals surface area contributed by atoms with Crippen molar-refractivity contribution in [3.63, 3.8) is 0 Å². The van der Waals surface area contributed by atoms with Crippen LogP contribution in [-0.4, -0.2) is 6.04 Å².